The molecule has 2 nitrogen and oxygen atoms in total. The molecular formula is C10H19NO. The summed E-state index contributed by atoms with van der Waals surface area (Å²) in [5.74, 6) is 0.532. The van der Waals surface area contributed by atoms with Gasteiger partial charge in [0.2, 0.25) is 0 Å². The lowest BCUT2D eigenvalue weighted by molar-refractivity contribution is -0.0224. The fraction of sp³-hybridized carbons (Fsp3) is 1.00. The van der Waals surface area contributed by atoms with Gasteiger partial charge in [0.1, 0.15) is 0 Å². The minimum atomic E-state index is -0.365. The summed E-state index contributed by atoms with van der Waals surface area (Å²) >= 11 is 0. The highest BCUT2D eigenvalue weighted by molar-refractivity contribution is 5.04. The van der Waals surface area contributed by atoms with Crippen LogP contribution in [-0.4, -0.2) is 34.2 Å². The number of hydrogen-bond acceptors (Lipinski definition) is 2. The normalized spacial score (nSPS) is 47.8. The van der Waals surface area contributed by atoms with Crippen LogP contribution in [0, 0.1) is 5.92 Å². The molecule has 1 N–H and O–H groups in total. The third kappa shape index (κ3) is 1.09. The van der Waals surface area contributed by atoms with Gasteiger partial charge < -0.3 is 5.11 Å². The Balaban J connectivity index is 2.08. The van der Waals surface area contributed by atoms with Crippen molar-refractivity contribution in [2.45, 2.75) is 51.3 Å². The molecule has 0 amide bonds. The van der Waals surface area contributed by atoms with Crippen molar-refractivity contribution in [1.82, 2.24) is 4.90 Å². The lowest BCUT2D eigenvalue weighted by Crippen LogP contribution is -2.46. The van der Waals surface area contributed by atoms with Gasteiger partial charge in [0, 0.05) is 24.5 Å². The van der Waals surface area contributed by atoms with Gasteiger partial charge in [-0.25, -0.2) is 0 Å². The Labute approximate surface area is 74.6 Å². The molecule has 0 radical (unpaired) electrons. The largest absolute Gasteiger partial charge is 0.390 e. The Kier molecular flexibility index (Phi) is 1.74. The number of fused-ring (bicyclic) bond motifs is 2. The van der Waals surface area contributed by atoms with Crippen LogP contribution < -0.4 is 0 Å². The van der Waals surface area contributed by atoms with Crippen LogP contribution in [-0.2, 0) is 0 Å². The Morgan fingerprint density at radius 2 is 2.17 bits per heavy atom. The summed E-state index contributed by atoms with van der Waals surface area (Å²) in [5, 5.41) is 9.96. The summed E-state index contributed by atoms with van der Waals surface area (Å²) in [4.78, 5) is 2.53. The Bertz CT molecular complexity index is 188. The van der Waals surface area contributed by atoms with E-state index in [9.17, 15) is 5.11 Å². The molecule has 2 fully saturated rings. The van der Waals surface area contributed by atoms with Crippen molar-refractivity contribution in [3.63, 3.8) is 0 Å². The van der Waals surface area contributed by atoms with E-state index >= 15 is 0 Å². The number of piperidine rings is 1. The second-order valence-electron chi connectivity index (χ2n) is 4.94. The highest BCUT2D eigenvalue weighted by Gasteiger charge is 2.51. The first kappa shape index (κ1) is 8.52. The molecule has 1 aliphatic carbocycles. The fourth-order valence-corrected chi connectivity index (χ4v) is 2.87. The van der Waals surface area contributed by atoms with E-state index in [4.69, 9.17) is 0 Å². The highest BCUT2D eigenvalue weighted by Crippen LogP contribution is 2.45. The lowest BCUT2D eigenvalue weighted by Gasteiger charge is -2.37. The van der Waals surface area contributed by atoms with Gasteiger partial charge >= 0.3 is 0 Å². The van der Waals surface area contributed by atoms with E-state index in [-0.39, 0.29) is 5.60 Å². The van der Waals surface area contributed by atoms with E-state index in [1.165, 1.54) is 6.42 Å². The van der Waals surface area contributed by atoms with E-state index in [1.54, 1.807) is 0 Å². The fourth-order valence-electron chi connectivity index (χ4n) is 2.87. The molecule has 1 saturated carbocycles. The van der Waals surface area contributed by atoms with Crippen molar-refractivity contribution in [2.24, 2.45) is 5.92 Å². The van der Waals surface area contributed by atoms with Gasteiger partial charge in [-0.3, -0.25) is 4.90 Å². The molecule has 3 atom stereocenters. The average molecular weight is 169 g/mol. The maximum Gasteiger partial charge on any atom is 0.0675 e. The van der Waals surface area contributed by atoms with Crippen LogP contribution in [0.1, 0.15) is 33.6 Å². The third-order valence-corrected chi connectivity index (χ3v) is 3.65. The summed E-state index contributed by atoms with van der Waals surface area (Å²) in [6, 6.07) is 1.31. The minimum absolute atomic E-state index is 0.365. The SMILES string of the molecule is CC(C)N1C[C@H]2C[C@@H]1CC2(C)O. The predicted octanol–water partition coefficient (Wildman–Crippen LogP) is 1.24. The second kappa shape index (κ2) is 2.46. The zero-order valence-corrected chi connectivity index (χ0v) is 8.25. The van der Waals surface area contributed by atoms with Crippen molar-refractivity contribution in [1.29, 1.82) is 0 Å². The Morgan fingerprint density at radius 3 is 2.50 bits per heavy atom. The summed E-state index contributed by atoms with van der Waals surface area (Å²) in [5.41, 5.74) is -0.365. The first-order chi connectivity index (χ1) is 5.50. The lowest BCUT2D eigenvalue weighted by atomic mass is 9.91. The minimum Gasteiger partial charge on any atom is -0.390 e. The molecule has 2 bridgehead atoms. The molecule has 1 saturated heterocycles. The third-order valence-electron chi connectivity index (χ3n) is 3.65. The van der Waals surface area contributed by atoms with Gasteiger partial charge in [-0.1, -0.05) is 0 Å². The van der Waals surface area contributed by atoms with E-state index in [0.29, 0.717) is 18.0 Å². The second-order valence-corrected chi connectivity index (χ2v) is 4.94. The zero-order chi connectivity index (χ0) is 8.93. The molecule has 70 valence electrons. The predicted molar refractivity (Wildman–Crippen MR) is 49.0 cm³/mol. The monoisotopic (exact) mass is 169 g/mol. The average Bonchev–Trinajstić information content (AvgIpc) is 2.40. The van der Waals surface area contributed by atoms with E-state index < -0.39 is 0 Å². The molecule has 0 aromatic rings. The van der Waals surface area contributed by atoms with Crippen LogP contribution in [0.3, 0.4) is 0 Å². The van der Waals surface area contributed by atoms with Crippen LogP contribution in [0.2, 0.25) is 0 Å². The molecule has 12 heavy (non-hydrogen) atoms. The summed E-state index contributed by atoms with van der Waals surface area (Å²) in [6.07, 6.45) is 2.20. The summed E-state index contributed by atoms with van der Waals surface area (Å²) < 4.78 is 0. The first-order valence-electron chi connectivity index (χ1n) is 4.99. The molecule has 2 rings (SSSR count). The van der Waals surface area contributed by atoms with Crippen molar-refractivity contribution in [3.05, 3.63) is 0 Å². The molecular weight excluding hydrogens is 150 g/mol. The van der Waals surface area contributed by atoms with Gasteiger partial charge in [-0.2, -0.15) is 0 Å². The Hall–Kier alpha value is -0.0800. The van der Waals surface area contributed by atoms with Gasteiger partial charge in [-0.15, -0.1) is 0 Å². The van der Waals surface area contributed by atoms with Crippen molar-refractivity contribution >= 4 is 0 Å². The van der Waals surface area contributed by atoms with Gasteiger partial charge in [0.15, 0.2) is 0 Å². The quantitative estimate of drug-likeness (QED) is 0.638. The molecule has 0 aromatic heterocycles. The molecule has 1 unspecified atom stereocenters. The Morgan fingerprint density at radius 1 is 1.50 bits per heavy atom. The van der Waals surface area contributed by atoms with Gasteiger partial charge in [0.05, 0.1) is 5.60 Å². The summed E-state index contributed by atoms with van der Waals surface area (Å²) in [6.45, 7) is 7.59. The van der Waals surface area contributed by atoms with Crippen molar-refractivity contribution in [2.75, 3.05) is 6.54 Å². The van der Waals surface area contributed by atoms with Gasteiger partial charge in [0.25, 0.3) is 0 Å². The molecule has 1 heterocycles. The van der Waals surface area contributed by atoms with Crippen molar-refractivity contribution in [3.8, 4) is 0 Å². The number of nitrogens with zero attached hydrogens (tertiary/aromatic N) is 1. The highest BCUT2D eigenvalue weighted by atomic mass is 16.3. The van der Waals surface area contributed by atoms with Crippen LogP contribution in [0.4, 0.5) is 0 Å². The number of likely N-dealkylation sites (tertiary alicyclic amines) is 1. The van der Waals surface area contributed by atoms with E-state index in [2.05, 4.69) is 18.7 Å². The first-order valence-corrected chi connectivity index (χ1v) is 4.99. The maximum atomic E-state index is 9.96. The van der Waals surface area contributed by atoms with Crippen LogP contribution >= 0.6 is 0 Å². The number of hydrogen-bond donors (Lipinski definition) is 1. The number of rotatable bonds is 1. The van der Waals surface area contributed by atoms with Crippen LogP contribution in [0.5, 0.6) is 0 Å². The number of aliphatic hydroxyl groups is 1. The molecule has 0 spiro atoms. The smallest absolute Gasteiger partial charge is 0.0675 e. The van der Waals surface area contributed by atoms with Crippen LogP contribution in [0.25, 0.3) is 0 Å². The summed E-state index contributed by atoms with van der Waals surface area (Å²) in [7, 11) is 0. The molecule has 2 aliphatic rings. The zero-order valence-electron chi connectivity index (χ0n) is 8.25. The standard InChI is InChI=1S/C10H19NO/c1-7(2)11-6-8-4-9(11)5-10(8,3)12/h7-9,12H,4-6H2,1-3H3/t8-,9-,10?/m1/s1. The molecule has 0 aromatic carbocycles. The maximum absolute atomic E-state index is 9.96. The van der Waals surface area contributed by atoms with Gasteiger partial charge in [-0.05, 0) is 33.6 Å². The van der Waals surface area contributed by atoms with Crippen molar-refractivity contribution < 1.29 is 5.11 Å². The van der Waals surface area contributed by atoms with E-state index in [1.807, 2.05) is 6.92 Å². The molecule has 1 aliphatic heterocycles. The van der Waals surface area contributed by atoms with Crippen LogP contribution in [0.15, 0.2) is 0 Å². The topological polar surface area (TPSA) is 23.5 Å². The molecule has 2 heteroatoms. The van der Waals surface area contributed by atoms with E-state index in [0.717, 1.165) is 13.0 Å².